The molecule has 1 aromatic heterocycles. The first-order valence-corrected chi connectivity index (χ1v) is 16.7. The van der Waals surface area contributed by atoms with Gasteiger partial charge in [0.1, 0.15) is 17.8 Å². The molecule has 18 heteroatoms. The van der Waals surface area contributed by atoms with Gasteiger partial charge < -0.3 is 39.8 Å². The Morgan fingerprint density at radius 2 is 1.88 bits per heavy atom. The van der Waals surface area contributed by atoms with Crippen molar-refractivity contribution in [3.63, 3.8) is 0 Å². The lowest BCUT2D eigenvalue weighted by atomic mass is 9.73. The minimum absolute atomic E-state index is 0.0677. The van der Waals surface area contributed by atoms with Crippen LogP contribution in [0.4, 0.5) is 4.79 Å². The van der Waals surface area contributed by atoms with Crippen LogP contribution in [-0.4, -0.2) is 114 Å². The highest BCUT2D eigenvalue weighted by Gasteiger charge is 2.33. The zero-order chi connectivity index (χ0) is 30.2. The Morgan fingerprint density at radius 3 is 2.44 bits per heavy atom. The third kappa shape index (κ3) is 14.0. The molecular formula is C23H41BN6O9P2. The summed E-state index contributed by atoms with van der Waals surface area (Å²) in [5.74, 6) is -1.04. The highest BCUT2D eigenvalue weighted by molar-refractivity contribution is 7.64. The Kier molecular flexibility index (Phi) is 16.3. The van der Waals surface area contributed by atoms with Gasteiger partial charge in [-0.3, -0.25) is 24.0 Å². The fraction of sp³-hybridized carbons (Fsp3) is 0.696. The smallest absolute Gasteiger partial charge is 0.448 e. The molecule has 1 aliphatic rings. The second kappa shape index (κ2) is 19.1. The SMILES string of the molecule is CC(C)C[C@@H](NC(=O)CNC(=O)c1cnccn1)B1OCCCN(CCOC(=O)NC(P(C)O)[PH](=O)O)CCCO1. The molecule has 0 radical (unpaired) electrons. The van der Waals surface area contributed by atoms with E-state index in [1.165, 1.54) is 25.3 Å². The molecule has 230 valence electrons. The molecule has 2 heterocycles. The number of nitrogens with one attached hydrogen (secondary N) is 3. The van der Waals surface area contributed by atoms with E-state index >= 15 is 0 Å². The Labute approximate surface area is 242 Å². The van der Waals surface area contributed by atoms with Gasteiger partial charge >= 0.3 is 13.2 Å². The number of aromatic nitrogens is 2. The van der Waals surface area contributed by atoms with E-state index in [2.05, 4.69) is 30.8 Å². The van der Waals surface area contributed by atoms with Gasteiger partial charge in [0.2, 0.25) is 13.9 Å². The maximum absolute atomic E-state index is 12.6. The van der Waals surface area contributed by atoms with Gasteiger partial charge in [0.05, 0.1) is 26.8 Å². The second-order valence-electron chi connectivity index (χ2n) is 9.83. The molecule has 0 saturated carbocycles. The average molecular weight is 618 g/mol. The Bertz CT molecular complexity index is 970. The van der Waals surface area contributed by atoms with Crippen molar-refractivity contribution in [2.24, 2.45) is 5.92 Å². The van der Waals surface area contributed by atoms with Crippen molar-refractivity contribution in [2.75, 3.05) is 52.7 Å². The summed E-state index contributed by atoms with van der Waals surface area (Å²) < 4.78 is 28.5. The lowest BCUT2D eigenvalue weighted by molar-refractivity contribution is -0.120. The maximum atomic E-state index is 12.6. The van der Waals surface area contributed by atoms with Crippen LogP contribution in [-0.2, 0) is 23.4 Å². The molecule has 0 aromatic carbocycles. The summed E-state index contributed by atoms with van der Waals surface area (Å²) in [4.78, 5) is 65.5. The van der Waals surface area contributed by atoms with Gasteiger partial charge in [-0.1, -0.05) is 13.8 Å². The van der Waals surface area contributed by atoms with Crippen molar-refractivity contribution < 1.29 is 42.8 Å². The van der Waals surface area contributed by atoms with Gasteiger partial charge in [-0.2, -0.15) is 0 Å². The monoisotopic (exact) mass is 618 g/mol. The first kappa shape index (κ1) is 35.0. The van der Waals surface area contributed by atoms with Gasteiger partial charge in [-0.05, 0) is 31.8 Å². The average Bonchev–Trinajstić information content (AvgIpc) is 2.93. The first-order valence-electron chi connectivity index (χ1n) is 13.4. The van der Waals surface area contributed by atoms with E-state index in [0.717, 1.165) is 0 Å². The lowest BCUT2D eigenvalue weighted by Gasteiger charge is -2.29. The van der Waals surface area contributed by atoms with Crippen molar-refractivity contribution in [2.45, 2.75) is 44.6 Å². The van der Waals surface area contributed by atoms with Crippen LogP contribution < -0.4 is 16.0 Å². The van der Waals surface area contributed by atoms with Crippen LogP contribution >= 0.6 is 16.2 Å². The van der Waals surface area contributed by atoms with Crippen LogP contribution in [0.5, 0.6) is 0 Å². The number of hydrogen-bond donors (Lipinski definition) is 5. The fourth-order valence-corrected chi connectivity index (χ4v) is 5.81. The maximum Gasteiger partial charge on any atom is 0.480 e. The summed E-state index contributed by atoms with van der Waals surface area (Å²) >= 11 is 0. The van der Waals surface area contributed by atoms with Crippen molar-refractivity contribution >= 4 is 41.2 Å². The largest absolute Gasteiger partial charge is 0.480 e. The second-order valence-corrected chi connectivity index (χ2v) is 13.2. The number of nitrogens with zero attached hydrogens (tertiary/aromatic N) is 3. The summed E-state index contributed by atoms with van der Waals surface area (Å²) in [6.45, 7) is 7.83. The summed E-state index contributed by atoms with van der Waals surface area (Å²) in [5.41, 5.74) is -1.08. The van der Waals surface area contributed by atoms with E-state index in [9.17, 15) is 28.7 Å². The van der Waals surface area contributed by atoms with Gasteiger partial charge in [0, 0.05) is 45.2 Å². The lowest BCUT2D eigenvalue weighted by Crippen LogP contribution is -2.52. The molecule has 1 fully saturated rings. The van der Waals surface area contributed by atoms with E-state index < -0.39 is 46.8 Å². The van der Waals surface area contributed by atoms with Gasteiger partial charge in [-0.15, -0.1) is 0 Å². The number of carbonyl (C=O) groups excluding carboxylic acids is 3. The Morgan fingerprint density at radius 1 is 1.20 bits per heavy atom. The van der Waals surface area contributed by atoms with Crippen molar-refractivity contribution in [3.8, 4) is 0 Å². The van der Waals surface area contributed by atoms with E-state index in [1.54, 1.807) is 0 Å². The van der Waals surface area contributed by atoms with Gasteiger partial charge in [0.15, 0.2) is 0 Å². The minimum atomic E-state index is -3.13. The van der Waals surface area contributed by atoms with Crippen LogP contribution in [0.2, 0.25) is 0 Å². The molecule has 0 spiro atoms. The molecule has 41 heavy (non-hydrogen) atoms. The van der Waals surface area contributed by atoms with Gasteiger partial charge in [0.25, 0.3) is 5.91 Å². The highest BCUT2D eigenvalue weighted by Crippen LogP contribution is 2.43. The molecule has 2 rings (SSSR count). The molecule has 3 amide bonds. The molecule has 4 atom stereocenters. The Hall–Kier alpha value is -2.19. The van der Waals surface area contributed by atoms with Crippen LogP contribution in [0.1, 0.15) is 43.6 Å². The molecule has 15 nitrogen and oxygen atoms in total. The Balaban J connectivity index is 1.80. The normalized spacial score (nSPS) is 18.0. The number of alkyl carbamates (subject to hydrolysis) is 1. The van der Waals surface area contributed by atoms with Crippen LogP contribution in [0, 0.1) is 5.92 Å². The molecule has 1 aliphatic heterocycles. The molecule has 0 aliphatic carbocycles. The zero-order valence-corrected chi connectivity index (χ0v) is 25.5. The molecule has 5 N–H and O–H groups in total. The van der Waals surface area contributed by atoms with Crippen molar-refractivity contribution in [3.05, 3.63) is 24.3 Å². The summed E-state index contributed by atoms with van der Waals surface area (Å²) in [6, 6.07) is 0. The molecular weight excluding hydrogens is 577 g/mol. The highest BCUT2D eigenvalue weighted by atomic mass is 31.2. The van der Waals surface area contributed by atoms with Crippen LogP contribution in [0.25, 0.3) is 0 Å². The van der Waals surface area contributed by atoms with E-state index in [0.29, 0.717) is 52.1 Å². The van der Waals surface area contributed by atoms with Crippen LogP contribution in [0.3, 0.4) is 0 Å². The third-order valence-electron chi connectivity index (χ3n) is 5.91. The minimum Gasteiger partial charge on any atom is -0.448 e. The molecule has 1 aromatic rings. The van der Waals surface area contributed by atoms with E-state index in [-0.39, 0.29) is 30.7 Å². The third-order valence-corrected chi connectivity index (χ3v) is 9.18. The van der Waals surface area contributed by atoms with E-state index in [4.69, 9.17) is 14.0 Å². The van der Waals surface area contributed by atoms with E-state index in [1.807, 2.05) is 13.8 Å². The summed E-state index contributed by atoms with van der Waals surface area (Å²) in [7, 11) is -5.61. The fourth-order valence-electron chi connectivity index (χ4n) is 4.00. The number of hydrogen-bond acceptors (Lipinski definition) is 11. The quantitative estimate of drug-likeness (QED) is 0.151. The molecule has 3 unspecified atom stereocenters. The zero-order valence-electron chi connectivity index (χ0n) is 23.7. The predicted octanol–water partition coefficient (Wildman–Crippen LogP) is 0.390. The number of ether oxygens (including phenoxy) is 1. The number of rotatable bonds is 13. The molecule has 0 bridgehead atoms. The summed E-state index contributed by atoms with van der Waals surface area (Å²) in [5, 5.41) is 7.71. The van der Waals surface area contributed by atoms with Crippen molar-refractivity contribution in [1.29, 1.82) is 0 Å². The number of carbonyl (C=O) groups is 3. The predicted molar refractivity (Wildman–Crippen MR) is 154 cm³/mol. The number of amides is 3. The summed E-state index contributed by atoms with van der Waals surface area (Å²) in [6.07, 6.45) is 5.27. The molecule has 1 saturated heterocycles. The van der Waals surface area contributed by atoms with Gasteiger partial charge in [-0.25, -0.2) is 9.78 Å². The van der Waals surface area contributed by atoms with Crippen molar-refractivity contribution in [1.82, 2.24) is 30.8 Å². The van der Waals surface area contributed by atoms with Crippen LogP contribution in [0.15, 0.2) is 18.6 Å². The standard InChI is InChI=1S/C23H41BN6O9P2/c1-17(2)14-19(28-20(31)16-27-21(32)18-15-25-6-7-26-18)24-38-11-4-8-30(9-5-12-39-24)10-13-37-22(33)29-23(40(3)34)41(35)36/h6-7,15,17,19,23,34,41H,4-5,8-14,16H2,1-3H3,(H,27,32)(H,28,31)(H,29,33)(H,35,36)/t19-,23?,40?/m1/s1. The first-order chi connectivity index (χ1) is 19.6. The topological polar surface area (TPSA) is 202 Å².